The summed E-state index contributed by atoms with van der Waals surface area (Å²) >= 11 is 0. The van der Waals surface area contributed by atoms with Gasteiger partial charge in [-0.2, -0.15) is 26.3 Å². The Morgan fingerprint density at radius 3 is 2.31 bits per heavy atom. The van der Waals surface area contributed by atoms with Gasteiger partial charge in [0.1, 0.15) is 0 Å². The van der Waals surface area contributed by atoms with Gasteiger partial charge in [-0.1, -0.05) is 13.0 Å². The summed E-state index contributed by atoms with van der Waals surface area (Å²) in [4.78, 5) is 17.6. The van der Waals surface area contributed by atoms with E-state index in [1.807, 2.05) is 4.90 Å². The average molecular weight is 508 g/mol. The molecule has 11 heteroatoms. The number of carbonyl (C=O) groups is 1. The number of hydrogen-bond acceptors (Lipinski definition) is 4. The molecule has 3 fully saturated rings. The highest BCUT2D eigenvalue weighted by molar-refractivity contribution is 5.68. The van der Waals surface area contributed by atoms with Crippen LogP contribution in [-0.4, -0.2) is 67.4 Å². The van der Waals surface area contributed by atoms with Crippen LogP contribution in [0.1, 0.15) is 44.2 Å². The second-order valence-corrected chi connectivity index (χ2v) is 10.4. The van der Waals surface area contributed by atoms with Gasteiger partial charge in [-0.15, -0.1) is 0 Å². The number of ether oxygens (including phenoxy) is 1. The summed E-state index contributed by atoms with van der Waals surface area (Å²) < 4.78 is 82.5. The molecule has 0 radical (unpaired) electrons. The number of halogens is 6. The molecule has 1 aromatic carbocycles. The third-order valence-electron chi connectivity index (χ3n) is 7.51. The third kappa shape index (κ3) is 5.81. The minimum atomic E-state index is -4.59. The molecule has 3 heterocycles. The summed E-state index contributed by atoms with van der Waals surface area (Å²) in [5.41, 5.74) is 0.835. The minimum Gasteiger partial charge on any atom is -0.437 e. The zero-order chi connectivity index (χ0) is 25.6. The number of piperidine rings is 1. The van der Waals surface area contributed by atoms with Crippen molar-refractivity contribution >= 4 is 11.8 Å². The van der Waals surface area contributed by atoms with Gasteiger partial charge in [-0.05, 0) is 55.2 Å². The zero-order valence-electron chi connectivity index (χ0n) is 19.9. The highest BCUT2D eigenvalue weighted by atomic mass is 19.4. The average Bonchev–Trinajstić information content (AvgIpc) is 3.18. The molecule has 2 atom stereocenters. The molecule has 4 rings (SSSR count). The van der Waals surface area contributed by atoms with Crippen LogP contribution in [0.2, 0.25) is 0 Å². The van der Waals surface area contributed by atoms with E-state index < -0.39 is 30.1 Å². The van der Waals surface area contributed by atoms with E-state index in [9.17, 15) is 31.1 Å². The first-order valence-corrected chi connectivity index (χ1v) is 12.0. The fourth-order valence-electron chi connectivity index (χ4n) is 5.35. The number of nitrogens with zero attached hydrogens (tertiary/aromatic N) is 3. The number of hydrogen-bond donors (Lipinski definition) is 0. The van der Waals surface area contributed by atoms with Gasteiger partial charge in [0.25, 0.3) is 0 Å². The molecular weight excluding hydrogens is 476 g/mol. The number of alkyl halides is 6. The number of likely N-dealkylation sites (tertiary alicyclic amines) is 2. The van der Waals surface area contributed by atoms with Crippen molar-refractivity contribution in [2.45, 2.75) is 58.1 Å². The number of rotatable bonds is 4. The SMILES string of the molecule is CC1CCN(c2cc(C(F)(F)F)ccc2CN2CC3(CCN(C(=O)OC(C)C(F)(F)F)CC3)C2)C1. The summed E-state index contributed by atoms with van der Waals surface area (Å²) in [6.07, 6.45) is -9.83. The zero-order valence-corrected chi connectivity index (χ0v) is 19.9. The number of anilines is 1. The van der Waals surface area contributed by atoms with Crippen LogP contribution in [0.15, 0.2) is 18.2 Å². The van der Waals surface area contributed by atoms with E-state index in [1.165, 1.54) is 11.0 Å². The molecule has 0 N–H and O–H groups in total. The van der Waals surface area contributed by atoms with E-state index >= 15 is 0 Å². The second-order valence-electron chi connectivity index (χ2n) is 10.4. The lowest BCUT2D eigenvalue weighted by Crippen LogP contribution is -2.60. The van der Waals surface area contributed by atoms with Gasteiger partial charge in [0.15, 0.2) is 6.10 Å². The monoisotopic (exact) mass is 507 g/mol. The first-order valence-electron chi connectivity index (χ1n) is 12.0. The van der Waals surface area contributed by atoms with Gasteiger partial charge in [-0.3, -0.25) is 4.90 Å². The fourth-order valence-corrected chi connectivity index (χ4v) is 5.35. The molecule has 5 nitrogen and oxygen atoms in total. The summed E-state index contributed by atoms with van der Waals surface area (Å²) in [7, 11) is 0. The highest BCUT2D eigenvalue weighted by Crippen LogP contribution is 2.43. The van der Waals surface area contributed by atoms with Crippen molar-refractivity contribution in [2.75, 3.05) is 44.2 Å². The standard InChI is InChI=1S/C24H31F6N3O2/c1-16-5-8-33(12-16)20-11-19(24(28,29)30)4-3-18(20)13-31-14-22(15-31)6-9-32(10-7-22)21(34)35-17(2)23(25,26)27/h3-4,11,16-17H,5-10,12-15H2,1-2H3. The molecule has 0 bridgehead atoms. The maximum atomic E-state index is 13.3. The summed E-state index contributed by atoms with van der Waals surface area (Å²) in [6.45, 7) is 7.05. The molecule has 196 valence electrons. The van der Waals surface area contributed by atoms with Gasteiger partial charge in [-0.25, -0.2) is 4.79 Å². The summed E-state index contributed by atoms with van der Waals surface area (Å²) in [5, 5.41) is 0. The summed E-state index contributed by atoms with van der Waals surface area (Å²) in [6, 6.07) is 3.97. The maximum Gasteiger partial charge on any atom is 0.425 e. The van der Waals surface area contributed by atoms with Crippen LogP contribution in [0.25, 0.3) is 0 Å². The Bertz CT molecular complexity index is 919. The number of benzene rings is 1. The number of carbonyl (C=O) groups excluding carboxylic acids is 1. The molecule has 1 spiro atoms. The second kappa shape index (κ2) is 9.37. The van der Waals surface area contributed by atoms with E-state index in [0.29, 0.717) is 44.1 Å². The Balaban J connectivity index is 1.34. The fraction of sp³-hybridized carbons (Fsp3) is 0.708. The van der Waals surface area contributed by atoms with Crippen molar-refractivity contribution < 1.29 is 35.9 Å². The molecule has 35 heavy (non-hydrogen) atoms. The molecule has 1 aromatic rings. The van der Waals surface area contributed by atoms with Crippen LogP contribution in [0.5, 0.6) is 0 Å². The van der Waals surface area contributed by atoms with E-state index in [0.717, 1.165) is 51.2 Å². The van der Waals surface area contributed by atoms with Gasteiger partial charge >= 0.3 is 18.4 Å². The first kappa shape index (κ1) is 25.9. The quantitative estimate of drug-likeness (QED) is 0.502. The Hall–Kier alpha value is -2.17. The highest BCUT2D eigenvalue weighted by Gasteiger charge is 2.47. The van der Waals surface area contributed by atoms with Crippen LogP contribution in [0.4, 0.5) is 36.8 Å². The Kier molecular flexibility index (Phi) is 6.93. The van der Waals surface area contributed by atoms with Gasteiger partial charge in [0, 0.05) is 51.5 Å². The Morgan fingerprint density at radius 1 is 1.11 bits per heavy atom. The lowest BCUT2D eigenvalue weighted by atomic mass is 9.72. The summed E-state index contributed by atoms with van der Waals surface area (Å²) in [5.74, 6) is 0.431. The molecule has 0 aromatic heterocycles. The van der Waals surface area contributed by atoms with Gasteiger partial charge in [0.05, 0.1) is 5.56 Å². The van der Waals surface area contributed by atoms with Crippen molar-refractivity contribution in [1.29, 1.82) is 0 Å². The van der Waals surface area contributed by atoms with Gasteiger partial charge < -0.3 is 14.5 Å². The van der Waals surface area contributed by atoms with Crippen LogP contribution in [0.3, 0.4) is 0 Å². The van der Waals surface area contributed by atoms with Gasteiger partial charge in [0.2, 0.25) is 0 Å². The Labute approximate surface area is 201 Å². The van der Waals surface area contributed by atoms with E-state index in [-0.39, 0.29) is 5.41 Å². The van der Waals surface area contributed by atoms with Crippen LogP contribution >= 0.6 is 0 Å². The van der Waals surface area contributed by atoms with Crippen molar-refractivity contribution in [3.05, 3.63) is 29.3 Å². The van der Waals surface area contributed by atoms with Crippen LogP contribution in [0, 0.1) is 11.3 Å². The van der Waals surface area contributed by atoms with E-state index in [1.54, 1.807) is 6.07 Å². The Morgan fingerprint density at radius 2 is 1.77 bits per heavy atom. The lowest BCUT2D eigenvalue weighted by Gasteiger charge is -2.54. The van der Waals surface area contributed by atoms with Crippen LogP contribution in [-0.2, 0) is 17.5 Å². The molecule has 3 saturated heterocycles. The normalized spacial score (nSPS) is 23.9. The molecule has 3 aliphatic heterocycles. The van der Waals surface area contributed by atoms with Crippen molar-refractivity contribution in [2.24, 2.45) is 11.3 Å². The minimum absolute atomic E-state index is 0.0271. The third-order valence-corrected chi connectivity index (χ3v) is 7.51. The van der Waals surface area contributed by atoms with E-state index in [4.69, 9.17) is 0 Å². The molecule has 0 saturated carbocycles. The molecular formula is C24H31F6N3O2. The van der Waals surface area contributed by atoms with Crippen molar-refractivity contribution in [1.82, 2.24) is 9.80 Å². The smallest absolute Gasteiger partial charge is 0.425 e. The molecule has 0 aliphatic carbocycles. The molecule has 1 amide bonds. The maximum absolute atomic E-state index is 13.3. The first-order chi connectivity index (χ1) is 16.3. The van der Waals surface area contributed by atoms with Crippen molar-refractivity contribution in [3.8, 4) is 0 Å². The largest absolute Gasteiger partial charge is 0.437 e. The predicted octanol–water partition coefficient (Wildman–Crippen LogP) is 5.54. The molecule has 2 unspecified atom stereocenters. The van der Waals surface area contributed by atoms with Crippen LogP contribution < -0.4 is 4.90 Å². The lowest BCUT2D eigenvalue weighted by molar-refractivity contribution is -0.200. The predicted molar refractivity (Wildman–Crippen MR) is 118 cm³/mol. The number of amides is 1. The topological polar surface area (TPSA) is 36.0 Å². The van der Waals surface area contributed by atoms with Crippen molar-refractivity contribution in [3.63, 3.8) is 0 Å². The molecule has 3 aliphatic rings. The van der Waals surface area contributed by atoms with E-state index in [2.05, 4.69) is 16.6 Å².